The van der Waals surface area contributed by atoms with Crippen molar-refractivity contribution in [3.63, 3.8) is 0 Å². The van der Waals surface area contributed by atoms with Crippen molar-refractivity contribution in [2.75, 3.05) is 0 Å². The average Bonchev–Trinajstić information content (AvgIpc) is 3.05. The minimum absolute atomic E-state index is 0.0957. The monoisotopic (exact) mass is 316 g/mol. The van der Waals surface area contributed by atoms with Crippen molar-refractivity contribution < 1.29 is 9.18 Å². The lowest BCUT2D eigenvalue weighted by Crippen LogP contribution is -2.21. The number of nitrogens with one attached hydrogen (secondary N) is 1. The van der Waals surface area contributed by atoms with Crippen molar-refractivity contribution in [1.82, 2.24) is 9.88 Å². The molecule has 1 N–H and O–H groups in total. The zero-order valence-electron chi connectivity index (χ0n) is 12.5. The van der Waals surface area contributed by atoms with E-state index < -0.39 is 0 Å². The quantitative estimate of drug-likeness (QED) is 0.763. The molecule has 0 unspecified atom stereocenters. The van der Waals surface area contributed by atoms with Crippen LogP contribution in [0.4, 0.5) is 4.39 Å². The Hall–Kier alpha value is -2.14. The number of amides is 1. The first kappa shape index (κ1) is 14.8. The fourth-order valence-corrected chi connectivity index (χ4v) is 3.23. The molecule has 2 aromatic heterocycles. The second kappa shape index (κ2) is 5.93. The van der Waals surface area contributed by atoms with E-state index in [-0.39, 0.29) is 11.7 Å². The number of benzene rings is 1. The van der Waals surface area contributed by atoms with Gasteiger partial charge in [-0.3, -0.25) is 4.79 Å². The van der Waals surface area contributed by atoms with Gasteiger partial charge in [-0.2, -0.15) is 0 Å². The van der Waals surface area contributed by atoms with Gasteiger partial charge in [0.05, 0.1) is 9.58 Å². The number of carbonyl (C=O) groups is 1. The maximum Gasteiger partial charge on any atom is 0.261 e. The van der Waals surface area contributed by atoms with Crippen molar-refractivity contribution >= 4 is 27.3 Å². The molecule has 0 saturated carbocycles. The Bertz CT molecular complexity index is 770. The van der Waals surface area contributed by atoms with Crippen LogP contribution in [0.1, 0.15) is 35.1 Å². The predicted molar refractivity (Wildman–Crippen MR) is 87.8 cm³/mol. The molecule has 0 atom stereocenters. The number of thiophene rings is 1. The van der Waals surface area contributed by atoms with Crippen LogP contribution >= 0.6 is 11.3 Å². The van der Waals surface area contributed by atoms with E-state index in [1.165, 1.54) is 23.5 Å². The summed E-state index contributed by atoms with van der Waals surface area (Å²) < 4.78 is 16.1. The molecular weight excluding hydrogens is 299 g/mol. The van der Waals surface area contributed by atoms with E-state index in [1.807, 2.05) is 6.07 Å². The average molecular weight is 316 g/mol. The fourth-order valence-electron chi connectivity index (χ4n) is 2.24. The molecule has 0 bridgehead atoms. The number of aromatic nitrogens is 1. The number of hydrogen-bond acceptors (Lipinski definition) is 2. The van der Waals surface area contributed by atoms with Crippen LogP contribution in [0.25, 0.3) is 10.1 Å². The zero-order valence-corrected chi connectivity index (χ0v) is 13.3. The first-order chi connectivity index (χ1) is 10.5. The van der Waals surface area contributed by atoms with E-state index in [9.17, 15) is 9.18 Å². The highest BCUT2D eigenvalue weighted by molar-refractivity contribution is 7.20. The van der Waals surface area contributed by atoms with Gasteiger partial charge in [0.1, 0.15) is 5.82 Å². The number of nitrogens with zero attached hydrogens (tertiary/aromatic N) is 1. The van der Waals surface area contributed by atoms with E-state index in [0.29, 0.717) is 17.5 Å². The van der Waals surface area contributed by atoms with Gasteiger partial charge in [-0.25, -0.2) is 4.39 Å². The summed E-state index contributed by atoms with van der Waals surface area (Å²) in [6.45, 7) is 4.65. The Balaban J connectivity index is 1.69. The molecule has 0 aliphatic rings. The number of fused-ring (bicyclic) bond motifs is 1. The smallest absolute Gasteiger partial charge is 0.261 e. The van der Waals surface area contributed by atoms with E-state index in [2.05, 4.69) is 36.1 Å². The fraction of sp³-hybridized carbons (Fsp3) is 0.235. The first-order valence-corrected chi connectivity index (χ1v) is 7.98. The van der Waals surface area contributed by atoms with Gasteiger partial charge in [0.2, 0.25) is 0 Å². The number of hydrogen-bond donors (Lipinski definition) is 1. The normalized spacial score (nSPS) is 11.3. The van der Waals surface area contributed by atoms with E-state index in [4.69, 9.17) is 0 Å². The van der Waals surface area contributed by atoms with Gasteiger partial charge in [0.15, 0.2) is 0 Å². The van der Waals surface area contributed by atoms with Gasteiger partial charge in [0, 0.05) is 30.4 Å². The third kappa shape index (κ3) is 3.04. The predicted octanol–water partition coefficient (Wildman–Crippen LogP) is 4.35. The van der Waals surface area contributed by atoms with Crippen LogP contribution in [-0.4, -0.2) is 10.5 Å². The topological polar surface area (TPSA) is 34.0 Å². The van der Waals surface area contributed by atoms with Crippen LogP contribution in [0, 0.1) is 5.82 Å². The van der Waals surface area contributed by atoms with Crippen molar-refractivity contribution in [3.05, 3.63) is 59.0 Å². The van der Waals surface area contributed by atoms with Crippen LogP contribution in [0.2, 0.25) is 0 Å². The minimum Gasteiger partial charge on any atom is -0.350 e. The van der Waals surface area contributed by atoms with E-state index in [1.54, 1.807) is 12.1 Å². The molecule has 5 heteroatoms. The Morgan fingerprint density at radius 2 is 2.00 bits per heavy atom. The molecule has 3 rings (SSSR count). The third-order valence-corrected chi connectivity index (χ3v) is 4.62. The Morgan fingerprint density at radius 3 is 2.64 bits per heavy atom. The molecule has 3 nitrogen and oxygen atoms in total. The highest BCUT2D eigenvalue weighted by atomic mass is 32.1. The molecule has 114 valence electrons. The summed E-state index contributed by atoms with van der Waals surface area (Å²) in [5, 5.41) is 3.95. The van der Waals surface area contributed by atoms with Crippen LogP contribution < -0.4 is 5.32 Å². The van der Waals surface area contributed by atoms with Crippen molar-refractivity contribution in [3.8, 4) is 0 Å². The molecule has 0 spiro atoms. The van der Waals surface area contributed by atoms with Gasteiger partial charge < -0.3 is 9.88 Å². The molecule has 0 aliphatic heterocycles. The number of halogens is 1. The van der Waals surface area contributed by atoms with Gasteiger partial charge in [0.25, 0.3) is 5.91 Å². The third-order valence-electron chi connectivity index (χ3n) is 3.53. The summed E-state index contributed by atoms with van der Waals surface area (Å²) in [4.78, 5) is 12.9. The lowest BCUT2D eigenvalue weighted by Gasteiger charge is -2.05. The molecular formula is C17H17FN2OS. The highest BCUT2D eigenvalue weighted by Crippen LogP contribution is 2.28. The van der Waals surface area contributed by atoms with E-state index in [0.717, 1.165) is 15.6 Å². The maximum absolute atomic E-state index is 12.8. The Morgan fingerprint density at radius 1 is 1.27 bits per heavy atom. The number of carbonyl (C=O) groups excluding carboxylic acids is 1. The van der Waals surface area contributed by atoms with Gasteiger partial charge in [-0.15, -0.1) is 11.3 Å². The summed E-state index contributed by atoms with van der Waals surface area (Å²) in [6.07, 6.45) is 4.13. The van der Waals surface area contributed by atoms with Gasteiger partial charge in [-0.05, 0) is 37.6 Å². The molecule has 0 aliphatic carbocycles. The van der Waals surface area contributed by atoms with Gasteiger partial charge in [-0.1, -0.05) is 12.1 Å². The molecule has 0 fully saturated rings. The van der Waals surface area contributed by atoms with Crippen LogP contribution in [-0.2, 0) is 6.54 Å². The summed E-state index contributed by atoms with van der Waals surface area (Å²) in [7, 11) is 0. The summed E-state index contributed by atoms with van der Waals surface area (Å²) >= 11 is 1.49. The summed E-state index contributed by atoms with van der Waals surface area (Å²) in [5.74, 6) is -0.368. The van der Waals surface area contributed by atoms with Crippen LogP contribution in [0.5, 0.6) is 0 Å². The second-order valence-corrected chi connectivity index (χ2v) is 6.62. The van der Waals surface area contributed by atoms with Crippen molar-refractivity contribution in [1.29, 1.82) is 0 Å². The Labute approximate surface area is 132 Å². The molecule has 0 radical (unpaired) electrons. The second-order valence-electron chi connectivity index (χ2n) is 5.54. The van der Waals surface area contributed by atoms with Crippen molar-refractivity contribution in [2.24, 2.45) is 0 Å². The SMILES string of the molecule is CC(C)n1cc2cc(C(=O)NCc3ccc(F)cc3)sc2c1. The molecule has 2 heterocycles. The number of rotatable bonds is 4. The first-order valence-electron chi connectivity index (χ1n) is 7.16. The largest absolute Gasteiger partial charge is 0.350 e. The summed E-state index contributed by atoms with van der Waals surface area (Å²) in [5.41, 5.74) is 0.878. The van der Waals surface area contributed by atoms with Crippen molar-refractivity contribution in [2.45, 2.75) is 26.4 Å². The highest BCUT2D eigenvalue weighted by Gasteiger charge is 2.12. The summed E-state index contributed by atoms with van der Waals surface area (Å²) in [6, 6.07) is 8.46. The van der Waals surface area contributed by atoms with Gasteiger partial charge >= 0.3 is 0 Å². The zero-order chi connectivity index (χ0) is 15.7. The lowest BCUT2D eigenvalue weighted by atomic mass is 10.2. The van der Waals surface area contributed by atoms with Crippen LogP contribution in [0.15, 0.2) is 42.7 Å². The van der Waals surface area contributed by atoms with E-state index >= 15 is 0 Å². The van der Waals surface area contributed by atoms with Crippen LogP contribution in [0.3, 0.4) is 0 Å². The molecule has 0 saturated heterocycles. The lowest BCUT2D eigenvalue weighted by molar-refractivity contribution is 0.0955. The molecule has 1 aromatic carbocycles. The maximum atomic E-state index is 12.8. The molecule has 1 amide bonds. The molecule has 3 aromatic rings. The Kier molecular flexibility index (Phi) is 3.98. The minimum atomic E-state index is -0.273. The molecule has 22 heavy (non-hydrogen) atoms. The standard InChI is InChI=1S/C17H17FN2OS/c1-11(2)20-9-13-7-15(22-16(13)10-20)17(21)19-8-12-3-5-14(18)6-4-12/h3-7,9-11H,8H2,1-2H3,(H,19,21).